The Balaban J connectivity index is 0.00000137. The van der Waals surface area contributed by atoms with Gasteiger partial charge in [-0.25, -0.2) is 0 Å². The van der Waals surface area contributed by atoms with E-state index in [1.54, 1.807) is 18.2 Å². The molecule has 0 N–H and O–H groups in total. The summed E-state index contributed by atoms with van der Waals surface area (Å²) in [6.07, 6.45) is 7.22. The summed E-state index contributed by atoms with van der Waals surface area (Å²) in [5.41, 5.74) is 0. The van der Waals surface area contributed by atoms with Gasteiger partial charge in [-0.15, -0.1) is 0 Å². The van der Waals surface area contributed by atoms with Crippen LogP contribution in [0.25, 0.3) is 0 Å². The molecule has 1 aliphatic heterocycles. The molecule has 1 fully saturated rings. The van der Waals surface area contributed by atoms with Crippen LogP contribution in [0.15, 0.2) is 49.0 Å². The van der Waals surface area contributed by atoms with Gasteiger partial charge in [-0.3, -0.25) is 0 Å². The van der Waals surface area contributed by atoms with Gasteiger partial charge in [0.25, 0.3) is 0 Å². The van der Waals surface area contributed by atoms with Crippen molar-refractivity contribution < 1.29 is 14.2 Å². The monoisotopic (exact) mass is 252 g/mol. The molecule has 3 nitrogen and oxygen atoms in total. The standard InChI is InChI=1S/C13H18O3.C2H6/c1-4-7-13(14-8-5-2)12(6-3)16-10-11-9-15-11;1-2/h4-7,11H,1-2,8-10H2,3H3;1-2H3/b12-6+,13-7+;. The quantitative estimate of drug-likeness (QED) is 0.286. The van der Waals surface area contributed by atoms with E-state index in [4.69, 9.17) is 14.2 Å². The van der Waals surface area contributed by atoms with Crippen molar-refractivity contribution in [2.75, 3.05) is 19.8 Å². The first-order valence-corrected chi connectivity index (χ1v) is 6.29. The molecular weight excluding hydrogens is 228 g/mol. The zero-order valence-electron chi connectivity index (χ0n) is 11.6. The molecule has 3 heteroatoms. The van der Waals surface area contributed by atoms with Crippen LogP contribution in [0, 0.1) is 0 Å². The summed E-state index contributed by atoms with van der Waals surface area (Å²) in [6.45, 7) is 14.9. The fourth-order valence-electron chi connectivity index (χ4n) is 1.10. The van der Waals surface area contributed by atoms with Gasteiger partial charge in [0, 0.05) is 0 Å². The second kappa shape index (κ2) is 10.7. The van der Waals surface area contributed by atoms with E-state index in [1.807, 2.05) is 26.8 Å². The molecule has 1 unspecified atom stereocenters. The molecule has 1 heterocycles. The lowest BCUT2D eigenvalue weighted by Gasteiger charge is -2.13. The summed E-state index contributed by atoms with van der Waals surface area (Å²) >= 11 is 0. The molecule has 102 valence electrons. The fraction of sp³-hybridized carbons (Fsp3) is 0.467. The number of hydrogen-bond acceptors (Lipinski definition) is 3. The predicted molar refractivity (Wildman–Crippen MR) is 75.2 cm³/mol. The van der Waals surface area contributed by atoms with E-state index in [9.17, 15) is 0 Å². The zero-order valence-corrected chi connectivity index (χ0v) is 11.6. The molecule has 0 aromatic carbocycles. The highest BCUT2D eigenvalue weighted by Gasteiger charge is 2.24. The summed E-state index contributed by atoms with van der Waals surface area (Å²) in [4.78, 5) is 0. The van der Waals surface area contributed by atoms with Gasteiger partial charge in [0.2, 0.25) is 0 Å². The Kier molecular flexibility index (Phi) is 9.78. The van der Waals surface area contributed by atoms with E-state index >= 15 is 0 Å². The second-order valence-corrected chi connectivity index (χ2v) is 3.29. The van der Waals surface area contributed by atoms with Gasteiger partial charge in [-0.2, -0.15) is 0 Å². The maximum Gasteiger partial charge on any atom is 0.161 e. The van der Waals surface area contributed by atoms with E-state index in [0.29, 0.717) is 24.7 Å². The minimum Gasteiger partial charge on any atom is -0.487 e. The molecule has 1 aliphatic rings. The maximum atomic E-state index is 5.59. The van der Waals surface area contributed by atoms with Crippen LogP contribution >= 0.6 is 0 Å². The van der Waals surface area contributed by atoms with Crippen molar-refractivity contribution in [1.82, 2.24) is 0 Å². The first-order valence-electron chi connectivity index (χ1n) is 6.29. The topological polar surface area (TPSA) is 31.0 Å². The highest BCUT2D eigenvalue weighted by molar-refractivity contribution is 5.23. The van der Waals surface area contributed by atoms with E-state index < -0.39 is 0 Å². The van der Waals surface area contributed by atoms with Crippen LogP contribution in [0.2, 0.25) is 0 Å². The second-order valence-electron chi connectivity index (χ2n) is 3.29. The third kappa shape index (κ3) is 6.97. The van der Waals surface area contributed by atoms with Crippen LogP contribution in [0.5, 0.6) is 0 Å². The number of allylic oxidation sites excluding steroid dienone is 3. The first kappa shape index (κ1) is 16.5. The molecule has 0 spiro atoms. The molecule has 0 aliphatic carbocycles. The highest BCUT2D eigenvalue weighted by atomic mass is 16.6. The zero-order chi connectivity index (χ0) is 13.8. The van der Waals surface area contributed by atoms with Crippen LogP contribution < -0.4 is 0 Å². The lowest BCUT2D eigenvalue weighted by Crippen LogP contribution is -2.05. The van der Waals surface area contributed by atoms with Crippen LogP contribution in [0.3, 0.4) is 0 Å². The Morgan fingerprint density at radius 1 is 1.28 bits per heavy atom. The lowest BCUT2D eigenvalue weighted by atomic mass is 10.3. The molecule has 0 saturated carbocycles. The van der Waals surface area contributed by atoms with Crippen molar-refractivity contribution in [2.24, 2.45) is 0 Å². The number of rotatable bonds is 8. The third-order valence-corrected chi connectivity index (χ3v) is 1.96. The van der Waals surface area contributed by atoms with Gasteiger partial charge in [-0.05, 0) is 19.1 Å². The van der Waals surface area contributed by atoms with Gasteiger partial charge >= 0.3 is 0 Å². The molecule has 18 heavy (non-hydrogen) atoms. The van der Waals surface area contributed by atoms with E-state index in [0.717, 1.165) is 6.61 Å². The molecule has 0 aromatic rings. The first-order chi connectivity index (χ1) is 8.81. The maximum absolute atomic E-state index is 5.59. The fourth-order valence-corrected chi connectivity index (χ4v) is 1.10. The molecule has 0 amide bonds. The average molecular weight is 252 g/mol. The Morgan fingerprint density at radius 2 is 1.94 bits per heavy atom. The Bertz CT molecular complexity index is 299. The molecule has 0 radical (unpaired) electrons. The normalized spacial score (nSPS) is 18.3. The highest BCUT2D eigenvalue weighted by Crippen LogP contribution is 2.17. The van der Waals surface area contributed by atoms with Crippen molar-refractivity contribution in [3.8, 4) is 0 Å². The van der Waals surface area contributed by atoms with Gasteiger partial charge in [0.15, 0.2) is 11.5 Å². The molecule has 1 atom stereocenters. The van der Waals surface area contributed by atoms with E-state index in [1.165, 1.54) is 0 Å². The summed E-state index contributed by atoms with van der Waals surface area (Å²) in [6, 6.07) is 0. The van der Waals surface area contributed by atoms with Crippen LogP contribution in [0.1, 0.15) is 20.8 Å². The average Bonchev–Trinajstić information content (AvgIpc) is 3.23. The van der Waals surface area contributed by atoms with E-state index in [-0.39, 0.29) is 6.10 Å². The Hall–Kier alpha value is -1.48. The largest absolute Gasteiger partial charge is 0.487 e. The number of hydrogen-bond donors (Lipinski definition) is 0. The summed E-state index contributed by atoms with van der Waals surface area (Å²) in [5.74, 6) is 1.37. The van der Waals surface area contributed by atoms with Gasteiger partial charge in [0.1, 0.15) is 19.3 Å². The predicted octanol–water partition coefficient (Wildman–Crippen LogP) is 3.60. The van der Waals surface area contributed by atoms with Gasteiger partial charge in [-0.1, -0.05) is 39.2 Å². The van der Waals surface area contributed by atoms with Crippen LogP contribution in [-0.2, 0) is 14.2 Å². The molecule has 1 saturated heterocycles. The minimum atomic E-state index is 0.235. The van der Waals surface area contributed by atoms with Crippen molar-refractivity contribution in [3.05, 3.63) is 49.0 Å². The molecule has 1 rings (SSSR count). The van der Waals surface area contributed by atoms with Crippen molar-refractivity contribution >= 4 is 0 Å². The summed E-state index contributed by atoms with van der Waals surface area (Å²) in [7, 11) is 0. The summed E-state index contributed by atoms with van der Waals surface area (Å²) in [5, 5.41) is 0. The lowest BCUT2D eigenvalue weighted by molar-refractivity contribution is 0.149. The number of ether oxygens (including phenoxy) is 3. The Labute approximate surface area is 110 Å². The Morgan fingerprint density at radius 3 is 2.39 bits per heavy atom. The molecular formula is C15H24O3. The van der Waals surface area contributed by atoms with Crippen molar-refractivity contribution in [3.63, 3.8) is 0 Å². The van der Waals surface area contributed by atoms with E-state index in [2.05, 4.69) is 13.2 Å². The van der Waals surface area contributed by atoms with Crippen LogP contribution in [-0.4, -0.2) is 25.9 Å². The third-order valence-electron chi connectivity index (χ3n) is 1.96. The number of epoxide rings is 1. The minimum absolute atomic E-state index is 0.235. The molecule has 0 bridgehead atoms. The summed E-state index contributed by atoms with van der Waals surface area (Å²) < 4.78 is 16.1. The van der Waals surface area contributed by atoms with Gasteiger partial charge < -0.3 is 14.2 Å². The smallest absolute Gasteiger partial charge is 0.161 e. The SMILES string of the molecule is C=C/C=C(OCC=C)\C(=C/C)OCC1CO1.CC. The van der Waals surface area contributed by atoms with Crippen molar-refractivity contribution in [2.45, 2.75) is 26.9 Å². The van der Waals surface area contributed by atoms with Crippen LogP contribution in [0.4, 0.5) is 0 Å². The van der Waals surface area contributed by atoms with Crippen molar-refractivity contribution in [1.29, 1.82) is 0 Å². The van der Waals surface area contributed by atoms with Gasteiger partial charge in [0.05, 0.1) is 6.61 Å². The molecule has 0 aromatic heterocycles.